The molecule has 0 bridgehead atoms. The SMILES string of the molecule is CCC(C#N)C(=O)Nc1c(C)cc(C)cc1OC. The van der Waals surface area contributed by atoms with Crippen molar-refractivity contribution in [2.45, 2.75) is 27.2 Å². The Morgan fingerprint density at radius 1 is 1.50 bits per heavy atom. The predicted molar refractivity (Wildman–Crippen MR) is 70.5 cm³/mol. The van der Waals surface area contributed by atoms with Crippen molar-refractivity contribution in [2.75, 3.05) is 12.4 Å². The number of benzene rings is 1. The lowest BCUT2D eigenvalue weighted by Gasteiger charge is -2.15. The zero-order valence-corrected chi connectivity index (χ0v) is 11.2. The Hall–Kier alpha value is -2.02. The summed E-state index contributed by atoms with van der Waals surface area (Å²) in [5.41, 5.74) is 2.63. The van der Waals surface area contributed by atoms with Gasteiger partial charge in [-0.05, 0) is 37.5 Å². The smallest absolute Gasteiger partial charge is 0.241 e. The lowest BCUT2D eigenvalue weighted by atomic mass is 10.1. The van der Waals surface area contributed by atoms with Gasteiger partial charge in [-0.2, -0.15) is 5.26 Å². The van der Waals surface area contributed by atoms with Crippen LogP contribution in [0.15, 0.2) is 12.1 Å². The molecule has 1 aromatic rings. The van der Waals surface area contributed by atoms with Gasteiger partial charge in [0.05, 0.1) is 18.9 Å². The molecule has 0 radical (unpaired) electrons. The fourth-order valence-corrected chi connectivity index (χ4v) is 1.80. The average Bonchev–Trinajstić information content (AvgIpc) is 2.33. The minimum atomic E-state index is -0.629. The lowest BCUT2D eigenvalue weighted by Crippen LogP contribution is -2.21. The van der Waals surface area contributed by atoms with Gasteiger partial charge in [0.25, 0.3) is 0 Å². The first-order chi connectivity index (χ1) is 8.53. The van der Waals surface area contributed by atoms with E-state index < -0.39 is 5.92 Å². The second-order valence-corrected chi connectivity index (χ2v) is 4.24. The van der Waals surface area contributed by atoms with Crippen molar-refractivity contribution >= 4 is 11.6 Å². The molecule has 0 aliphatic carbocycles. The molecular formula is C14H18N2O2. The minimum Gasteiger partial charge on any atom is -0.495 e. The van der Waals surface area contributed by atoms with E-state index in [-0.39, 0.29) is 5.91 Å². The number of nitrogens with one attached hydrogen (secondary N) is 1. The van der Waals surface area contributed by atoms with Crippen molar-refractivity contribution in [3.8, 4) is 11.8 Å². The molecule has 1 aromatic carbocycles. The van der Waals surface area contributed by atoms with E-state index in [2.05, 4.69) is 5.32 Å². The number of anilines is 1. The van der Waals surface area contributed by atoms with Gasteiger partial charge in [-0.25, -0.2) is 0 Å². The number of ether oxygens (including phenoxy) is 1. The van der Waals surface area contributed by atoms with E-state index in [0.29, 0.717) is 17.9 Å². The van der Waals surface area contributed by atoms with Crippen LogP contribution in [0.2, 0.25) is 0 Å². The lowest BCUT2D eigenvalue weighted by molar-refractivity contribution is -0.118. The summed E-state index contributed by atoms with van der Waals surface area (Å²) in [5, 5.41) is 11.6. The van der Waals surface area contributed by atoms with Crippen LogP contribution in [-0.4, -0.2) is 13.0 Å². The van der Waals surface area contributed by atoms with Crippen LogP contribution in [0, 0.1) is 31.1 Å². The van der Waals surface area contributed by atoms with Crippen molar-refractivity contribution in [1.29, 1.82) is 5.26 Å². The van der Waals surface area contributed by atoms with Crippen molar-refractivity contribution in [3.05, 3.63) is 23.3 Å². The third kappa shape index (κ3) is 3.01. The Balaban J connectivity index is 3.04. The Kier molecular flexibility index (Phi) is 4.73. The second-order valence-electron chi connectivity index (χ2n) is 4.24. The minimum absolute atomic E-state index is 0.287. The molecular weight excluding hydrogens is 228 g/mol. The van der Waals surface area contributed by atoms with E-state index in [1.54, 1.807) is 7.11 Å². The molecule has 4 heteroatoms. The third-order valence-electron chi connectivity index (χ3n) is 2.79. The van der Waals surface area contributed by atoms with Gasteiger partial charge in [0.15, 0.2) is 0 Å². The van der Waals surface area contributed by atoms with E-state index in [1.165, 1.54) is 0 Å². The number of nitriles is 1. The number of aryl methyl sites for hydroxylation is 2. The van der Waals surface area contributed by atoms with Crippen molar-refractivity contribution in [2.24, 2.45) is 5.92 Å². The highest BCUT2D eigenvalue weighted by molar-refractivity contribution is 5.96. The second kappa shape index (κ2) is 6.06. The number of carbonyl (C=O) groups excluding carboxylic acids is 1. The van der Waals surface area contributed by atoms with Gasteiger partial charge >= 0.3 is 0 Å². The summed E-state index contributed by atoms with van der Waals surface area (Å²) >= 11 is 0. The molecule has 0 aliphatic heterocycles. The molecule has 0 aromatic heterocycles. The zero-order chi connectivity index (χ0) is 13.7. The van der Waals surface area contributed by atoms with Gasteiger partial charge in [-0.3, -0.25) is 4.79 Å². The van der Waals surface area contributed by atoms with Gasteiger partial charge in [0, 0.05) is 0 Å². The average molecular weight is 246 g/mol. The molecule has 0 spiro atoms. The number of amides is 1. The summed E-state index contributed by atoms with van der Waals surface area (Å²) < 4.78 is 5.26. The molecule has 96 valence electrons. The molecule has 0 fully saturated rings. The molecule has 1 amide bonds. The highest BCUT2D eigenvalue weighted by Gasteiger charge is 2.18. The van der Waals surface area contributed by atoms with E-state index in [9.17, 15) is 4.79 Å². The maximum absolute atomic E-state index is 11.9. The zero-order valence-electron chi connectivity index (χ0n) is 11.2. The number of carbonyl (C=O) groups is 1. The Labute approximate surface area is 108 Å². The molecule has 1 atom stereocenters. The summed E-state index contributed by atoms with van der Waals surface area (Å²) in [5.74, 6) is -0.297. The van der Waals surface area contributed by atoms with E-state index in [1.807, 2.05) is 39.0 Å². The first-order valence-electron chi connectivity index (χ1n) is 5.89. The van der Waals surface area contributed by atoms with E-state index in [4.69, 9.17) is 10.00 Å². The highest BCUT2D eigenvalue weighted by Crippen LogP contribution is 2.30. The van der Waals surface area contributed by atoms with Crippen LogP contribution < -0.4 is 10.1 Å². The van der Waals surface area contributed by atoms with Crippen LogP contribution in [0.1, 0.15) is 24.5 Å². The topological polar surface area (TPSA) is 62.1 Å². The van der Waals surface area contributed by atoms with Gasteiger partial charge in [0.2, 0.25) is 5.91 Å². The van der Waals surface area contributed by atoms with Crippen LogP contribution >= 0.6 is 0 Å². The van der Waals surface area contributed by atoms with Crippen LogP contribution in [0.5, 0.6) is 5.75 Å². The Bertz CT molecular complexity index is 489. The summed E-state index contributed by atoms with van der Waals surface area (Å²) in [6.45, 7) is 5.68. The molecule has 1 rings (SSSR count). The van der Waals surface area contributed by atoms with Gasteiger partial charge in [-0.1, -0.05) is 13.0 Å². The summed E-state index contributed by atoms with van der Waals surface area (Å²) in [7, 11) is 1.56. The predicted octanol–water partition coefficient (Wildman–Crippen LogP) is 2.80. The standard InChI is InChI=1S/C14H18N2O2/c1-5-11(8-15)14(17)16-13-10(3)6-9(2)7-12(13)18-4/h6-7,11H,5H2,1-4H3,(H,16,17). The largest absolute Gasteiger partial charge is 0.495 e. The van der Waals surface area contributed by atoms with Crippen LogP contribution in [0.4, 0.5) is 5.69 Å². The number of rotatable bonds is 4. The van der Waals surface area contributed by atoms with Crippen LogP contribution in [-0.2, 0) is 4.79 Å². The summed E-state index contributed by atoms with van der Waals surface area (Å²) in [4.78, 5) is 11.9. The van der Waals surface area contributed by atoms with Crippen LogP contribution in [0.25, 0.3) is 0 Å². The van der Waals surface area contributed by atoms with Gasteiger partial charge < -0.3 is 10.1 Å². The van der Waals surface area contributed by atoms with Crippen molar-refractivity contribution < 1.29 is 9.53 Å². The molecule has 0 aliphatic rings. The quantitative estimate of drug-likeness (QED) is 0.888. The fraction of sp³-hybridized carbons (Fsp3) is 0.429. The molecule has 0 saturated carbocycles. The number of methoxy groups -OCH3 is 1. The Morgan fingerprint density at radius 3 is 2.67 bits per heavy atom. The Morgan fingerprint density at radius 2 is 2.17 bits per heavy atom. The first kappa shape index (κ1) is 14.0. The maximum atomic E-state index is 11.9. The number of hydrogen-bond donors (Lipinski definition) is 1. The molecule has 18 heavy (non-hydrogen) atoms. The van der Waals surface area contributed by atoms with Crippen molar-refractivity contribution in [3.63, 3.8) is 0 Å². The van der Waals surface area contributed by atoms with Gasteiger partial charge in [-0.15, -0.1) is 0 Å². The number of hydrogen-bond acceptors (Lipinski definition) is 3. The summed E-state index contributed by atoms with van der Waals surface area (Å²) in [6.07, 6.45) is 0.496. The molecule has 0 saturated heterocycles. The third-order valence-corrected chi connectivity index (χ3v) is 2.79. The maximum Gasteiger partial charge on any atom is 0.241 e. The number of nitrogens with zero attached hydrogens (tertiary/aromatic N) is 1. The molecule has 1 N–H and O–H groups in total. The van der Waals surface area contributed by atoms with E-state index in [0.717, 1.165) is 11.1 Å². The molecule has 4 nitrogen and oxygen atoms in total. The van der Waals surface area contributed by atoms with Crippen LogP contribution in [0.3, 0.4) is 0 Å². The molecule has 0 heterocycles. The normalized spacial score (nSPS) is 11.5. The van der Waals surface area contributed by atoms with Gasteiger partial charge in [0.1, 0.15) is 11.7 Å². The monoisotopic (exact) mass is 246 g/mol. The fourth-order valence-electron chi connectivity index (χ4n) is 1.80. The van der Waals surface area contributed by atoms with Crippen molar-refractivity contribution in [1.82, 2.24) is 0 Å². The van der Waals surface area contributed by atoms with E-state index >= 15 is 0 Å². The highest BCUT2D eigenvalue weighted by atomic mass is 16.5. The molecule has 1 unspecified atom stereocenters. The summed E-state index contributed by atoms with van der Waals surface area (Å²) in [6, 6.07) is 5.81. The first-order valence-corrected chi connectivity index (χ1v) is 5.89.